The molecule has 0 unspecified atom stereocenters. The predicted molar refractivity (Wildman–Crippen MR) is 112 cm³/mol. The highest BCUT2D eigenvalue weighted by Gasteiger charge is 2.25. The number of rotatable bonds is 9. The molecule has 6 heteroatoms. The molecule has 2 aromatic rings. The molecular weight excluding hydrogens is 411 g/mol. The zero-order valence-corrected chi connectivity index (χ0v) is 17.8. The Hall–Kier alpha value is -2.11. The molecule has 0 aliphatic heterocycles. The molecule has 0 aromatic heterocycles. The van der Waals surface area contributed by atoms with Gasteiger partial charge in [0, 0.05) is 5.56 Å². The summed E-state index contributed by atoms with van der Waals surface area (Å²) >= 11 is 0. The lowest BCUT2D eigenvalue weighted by Gasteiger charge is -2.29. The van der Waals surface area contributed by atoms with Crippen molar-refractivity contribution < 1.29 is 26.7 Å². The normalized spacial score (nSPS) is 19.1. The molecular formula is C25H29F5O. The van der Waals surface area contributed by atoms with Gasteiger partial charge in [0.25, 0.3) is 6.43 Å². The molecule has 0 N–H and O–H groups in total. The maximum Gasteiger partial charge on any atom is 0.272 e. The Bertz CT molecular complexity index is 859. The highest BCUT2D eigenvalue weighted by molar-refractivity contribution is 5.66. The van der Waals surface area contributed by atoms with Gasteiger partial charge in [-0.1, -0.05) is 44.7 Å². The molecule has 0 heterocycles. The molecule has 3 rings (SSSR count). The van der Waals surface area contributed by atoms with Gasteiger partial charge in [0.15, 0.2) is 11.6 Å². The SMILES string of the molecule is CCCCCC1CCC(c2ccc(-c3ccc(OCC(F)F)c(F)c3F)cc2F)CC1. The number of alkyl halides is 2. The van der Waals surface area contributed by atoms with Crippen molar-refractivity contribution in [2.75, 3.05) is 6.61 Å². The zero-order chi connectivity index (χ0) is 22.4. The molecule has 0 saturated heterocycles. The van der Waals surface area contributed by atoms with Crippen molar-refractivity contribution in [2.45, 2.75) is 70.6 Å². The van der Waals surface area contributed by atoms with Crippen LogP contribution in [0.25, 0.3) is 11.1 Å². The average Bonchev–Trinajstić information content (AvgIpc) is 2.75. The lowest BCUT2D eigenvalue weighted by Crippen LogP contribution is -2.14. The summed E-state index contributed by atoms with van der Waals surface area (Å²) in [6.07, 6.45) is 6.22. The smallest absolute Gasteiger partial charge is 0.272 e. The summed E-state index contributed by atoms with van der Waals surface area (Å²) in [5, 5.41) is 0. The highest BCUT2D eigenvalue weighted by atomic mass is 19.3. The summed E-state index contributed by atoms with van der Waals surface area (Å²) in [5.74, 6) is -2.76. The Morgan fingerprint density at radius 1 is 0.935 bits per heavy atom. The van der Waals surface area contributed by atoms with E-state index >= 15 is 0 Å². The zero-order valence-electron chi connectivity index (χ0n) is 17.8. The first-order valence-corrected chi connectivity index (χ1v) is 11.1. The molecule has 31 heavy (non-hydrogen) atoms. The van der Waals surface area contributed by atoms with Crippen LogP contribution in [-0.2, 0) is 0 Å². The van der Waals surface area contributed by atoms with E-state index in [1.165, 1.54) is 37.8 Å². The van der Waals surface area contributed by atoms with Gasteiger partial charge in [0.2, 0.25) is 5.82 Å². The quantitative estimate of drug-likeness (QED) is 0.282. The maximum atomic E-state index is 14.9. The summed E-state index contributed by atoms with van der Waals surface area (Å²) in [5.41, 5.74) is 0.687. The minimum atomic E-state index is -2.80. The van der Waals surface area contributed by atoms with Crippen LogP contribution in [0.3, 0.4) is 0 Å². The summed E-state index contributed by atoms with van der Waals surface area (Å²) in [4.78, 5) is 0. The molecule has 170 valence electrons. The number of unbranched alkanes of at least 4 members (excludes halogenated alkanes) is 2. The predicted octanol–water partition coefficient (Wildman–Crippen LogP) is 8.27. The summed E-state index contributed by atoms with van der Waals surface area (Å²) in [7, 11) is 0. The van der Waals surface area contributed by atoms with Crippen molar-refractivity contribution in [2.24, 2.45) is 5.92 Å². The van der Waals surface area contributed by atoms with Crippen LogP contribution in [0.5, 0.6) is 5.75 Å². The standard InChI is InChI=1S/C25H29F5O/c1-2-3-4-5-16-6-8-17(9-7-16)19-11-10-18(14-21(19)26)20-12-13-22(25(30)24(20)29)31-15-23(27)28/h10-14,16-17,23H,2-9,15H2,1H3. The first-order valence-electron chi connectivity index (χ1n) is 11.1. The molecule has 1 nitrogen and oxygen atoms in total. The van der Waals surface area contributed by atoms with Gasteiger partial charge < -0.3 is 4.74 Å². The van der Waals surface area contributed by atoms with Gasteiger partial charge in [0.1, 0.15) is 12.4 Å². The average molecular weight is 440 g/mol. The molecule has 2 aromatic carbocycles. The van der Waals surface area contributed by atoms with Gasteiger partial charge in [-0.15, -0.1) is 0 Å². The van der Waals surface area contributed by atoms with Crippen molar-refractivity contribution in [3.05, 3.63) is 53.3 Å². The van der Waals surface area contributed by atoms with Crippen LogP contribution in [0.2, 0.25) is 0 Å². The lowest BCUT2D eigenvalue weighted by atomic mass is 9.76. The molecule has 0 amide bonds. The lowest BCUT2D eigenvalue weighted by molar-refractivity contribution is 0.0795. The summed E-state index contributed by atoms with van der Waals surface area (Å²) < 4.78 is 72.6. The molecule has 0 atom stereocenters. The van der Waals surface area contributed by atoms with Crippen LogP contribution in [0, 0.1) is 23.4 Å². The summed E-state index contributed by atoms with van der Waals surface area (Å²) in [6, 6.07) is 6.77. The van der Waals surface area contributed by atoms with E-state index in [2.05, 4.69) is 11.7 Å². The number of hydrogen-bond donors (Lipinski definition) is 0. The van der Waals surface area contributed by atoms with Crippen LogP contribution in [-0.4, -0.2) is 13.0 Å². The van der Waals surface area contributed by atoms with E-state index in [-0.39, 0.29) is 17.0 Å². The number of ether oxygens (including phenoxy) is 1. The second kappa shape index (κ2) is 11.0. The van der Waals surface area contributed by atoms with Crippen LogP contribution >= 0.6 is 0 Å². The minimum Gasteiger partial charge on any atom is -0.484 e. The highest BCUT2D eigenvalue weighted by Crippen LogP contribution is 2.40. The first kappa shape index (κ1) is 23.6. The van der Waals surface area contributed by atoms with Gasteiger partial charge in [-0.2, -0.15) is 4.39 Å². The monoisotopic (exact) mass is 440 g/mol. The van der Waals surface area contributed by atoms with Gasteiger partial charge in [-0.25, -0.2) is 17.6 Å². The van der Waals surface area contributed by atoms with E-state index in [4.69, 9.17) is 0 Å². The second-order valence-corrected chi connectivity index (χ2v) is 8.39. The first-order chi connectivity index (χ1) is 14.9. The van der Waals surface area contributed by atoms with E-state index in [1.807, 2.05) is 0 Å². The van der Waals surface area contributed by atoms with Gasteiger partial charge in [-0.05, 0) is 66.8 Å². The van der Waals surface area contributed by atoms with Crippen LogP contribution in [0.15, 0.2) is 30.3 Å². The molecule has 1 aliphatic rings. The van der Waals surface area contributed by atoms with Crippen molar-refractivity contribution in [3.8, 4) is 16.9 Å². The Balaban J connectivity index is 1.69. The molecule has 0 spiro atoms. The third-order valence-electron chi connectivity index (χ3n) is 6.23. The Kier molecular flexibility index (Phi) is 8.33. The maximum absolute atomic E-state index is 14.9. The van der Waals surface area contributed by atoms with Crippen molar-refractivity contribution in [3.63, 3.8) is 0 Å². The van der Waals surface area contributed by atoms with E-state index in [9.17, 15) is 22.0 Å². The Morgan fingerprint density at radius 2 is 1.68 bits per heavy atom. The Labute approximate surface area is 180 Å². The fourth-order valence-corrected chi connectivity index (χ4v) is 4.49. The van der Waals surface area contributed by atoms with Crippen LogP contribution in [0.4, 0.5) is 22.0 Å². The third kappa shape index (κ3) is 5.98. The number of hydrogen-bond acceptors (Lipinski definition) is 1. The second-order valence-electron chi connectivity index (χ2n) is 8.39. The van der Waals surface area contributed by atoms with E-state index in [0.717, 1.165) is 31.7 Å². The van der Waals surface area contributed by atoms with Gasteiger partial charge >= 0.3 is 0 Å². The van der Waals surface area contributed by atoms with E-state index < -0.39 is 36.2 Å². The van der Waals surface area contributed by atoms with Crippen LogP contribution in [0.1, 0.15) is 69.8 Å². The largest absolute Gasteiger partial charge is 0.484 e. The van der Waals surface area contributed by atoms with Crippen molar-refractivity contribution in [1.82, 2.24) is 0 Å². The van der Waals surface area contributed by atoms with E-state index in [1.54, 1.807) is 12.1 Å². The molecule has 0 radical (unpaired) electrons. The molecule has 0 bridgehead atoms. The van der Waals surface area contributed by atoms with Crippen LogP contribution < -0.4 is 4.74 Å². The van der Waals surface area contributed by atoms with Gasteiger partial charge in [0.05, 0.1) is 0 Å². The number of benzene rings is 2. The number of halogens is 5. The molecule has 1 aliphatic carbocycles. The fourth-order valence-electron chi connectivity index (χ4n) is 4.49. The van der Waals surface area contributed by atoms with Crippen molar-refractivity contribution in [1.29, 1.82) is 0 Å². The summed E-state index contributed by atoms with van der Waals surface area (Å²) in [6.45, 7) is 1.17. The fraction of sp³-hybridized carbons (Fsp3) is 0.520. The third-order valence-corrected chi connectivity index (χ3v) is 6.23. The van der Waals surface area contributed by atoms with E-state index in [0.29, 0.717) is 11.5 Å². The molecule has 1 fully saturated rings. The topological polar surface area (TPSA) is 9.23 Å². The molecule has 1 saturated carbocycles. The van der Waals surface area contributed by atoms with Crippen molar-refractivity contribution >= 4 is 0 Å². The minimum absolute atomic E-state index is 0.132. The Morgan fingerprint density at radius 3 is 2.32 bits per heavy atom. The van der Waals surface area contributed by atoms with Gasteiger partial charge in [-0.3, -0.25) is 0 Å².